The van der Waals surface area contributed by atoms with Crippen LogP contribution in [0.1, 0.15) is 99.2 Å². The summed E-state index contributed by atoms with van der Waals surface area (Å²) in [6.45, 7) is 8.08. The second kappa shape index (κ2) is 12.4. The highest BCUT2D eigenvalue weighted by molar-refractivity contribution is 7.15. The summed E-state index contributed by atoms with van der Waals surface area (Å²) >= 11 is 1.06. The van der Waals surface area contributed by atoms with Crippen molar-refractivity contribution in [3.8, 4) is 17.7 Å². The number of rotatable bonds is 6. The third kappa shape index (κ3) is 7.82. The number of anilines is 1. The highest BCUT2D eigenvalue weighted by Crippen LogP contribution is 2.40. The second-order valence-electron chi connectivity index (χ2n) is 12.2. The summed E-state index contributed by atoms with van der Waals surface area (Å²) in [4.78, 5) is 32.5. The molecule has 4 rings (SSSR count). The van der Waals surface area contributed by atoms with Crippen molar-refractivity contribution in [3.05, 3.63) is 39.7 Å². The molecule has 2 aliphatic carbocycles. The Morgan fingerprint density at radius 3 is 2.32 bits per heavy atom. The predicted molar refractivity (Wildman–Crippen MR) is 152 cm³/mol. The van der Waals surface area contributed by atoms with Crippen LogP contribution in [0.15, 0.2) is 24.4 Å². The number of carbonyl (C=O) groups excluding carboxylic acids is 1. The molecule has 0 atom stereocenters. The molecule has 2 saturated carbocycles. The summed E-state index contributed by atoms with van der Waals surface area (Å²) in [5, 5.41) is 10.1. The Bertz CT molecular complexity index is 1310. The molecule has 0 radical (unpaired) electrons. The first kappa shape index (κ1) is 30.9. The minimum Gasteiger partial charge on any atom is -0.477 e. The van der Waals surface area contributed by atoms with Crippen molar-refractivity contribution in [1.82, 2.24) is 4.98 Å². The van der Waals surface area contributed by atoms with E-state index in [1.165, 1.54) is 12.3 Å². The van der Waals surface area contributed by atoms with Gasteiger partial charge in [0.2, 0.25) is 11.8 Å². The Morgan fingerprint density at radius 1 is 1.07 bits per heavy atom. The number of nitrogens with zero attached hydrogens (tertiary/aromatic N) is 2. The van der Waals surface area contributed by atoms with Crippen LogP contribution >= 0.6 is 11.3 Å². The molecular formula is C31H37F3N2O4S. The number of alkyl halides is 3. The van der Waals surface area contributed by atoms with E-state index in [1.54, 1.807) is 11.0 Å². The average Bonchev–Trinajstić information content (AvgIpc) is 3.32. The monoisotopic (exact) mass is 590 g/mol. The minimum atomic E-state index is -4.58. The molecule has 2 heterocycles. The number of amides is 1. The van der Waals surface area contributed by atoms with Crippen LogP contribution in [0.25, 0.3) is 0 Å². The molecule has 0 unspecified atom stereocenters. The summed E-state index contributed by atoms with van der Waals surface area (Å²) in [6, 6.07) is 3.58. The topological polar surface area (TPSA) is 79.7 Å². The van der Waals surface area contributed by atoms with Gasteiger partial charge in [-0.25, -0.2) is 9.78 Å². The maximum Gasteiger partial charge on any atom is 0.421 e. The molecule has 10 heteroatoms. The van der Waals surface area contributed by atoms with Gasteiger partial charge in [0.15, 0.2) is 0 Å². The van der Waals surface area contributed by atoms with Gasteiger partial charge in [-0.3, -0.25) is 4.79 Å². The van der Waals surface area contributed by atoms with Crippen LogP contribution in [-0.4, -0.2) is 34.1 Å². The van der Waals surface area contributed by atoms with Gasteiger partial charge in [-0.1, -0.05) is 18.8 Å². The van der Waals surface area contributed by atoms with Crippen molar-refractivity contribution in [2.45, 2.75) is 97.4 Å². The molecule has 2 aromatic rings. The van der Waals surface area contributed by atoms with Gasteiger partial charge in [-0.2, -0.15) is 13.2 Å². The smallest absolute Gasteiger partial charge is 0.421 e. The minimum absolute atomic E-state index is 0.0717. The van der Waals surface area contributed by atoms with Crippen LogP contribution in [0.3, 0.4) is 0 Å². The van der Waals surface area contributed by atoms with Gasteiger partial charge in [0.1, 0.15) is 16.5 Å². The predicted octanol–water partition coefficient (Wildman–Crippen LogP) is 7.81. The second-order valence-corrected chi connectivity index (χ2v) is 13.2. The first-order valence-corrected chi connectivity index (χ1v) is 15.0. The van der Waals surface area contributed by atoms with Crippen LogP contribution < -0.4 is 9.64 Å². The van der Waals surface area contributed by atoms with E-state index < -0.39 is 29.7 Å². The van der Waals surface area contributed by atoms with E-state index in [4.69, 9.17) is 4.74 Å². The fourth-order valence-corrected chi connectivity index (χ4v) is 6.34. The van der Waals surface area contributed by atoms with Crippen molar-refractivity contribution in [2.75, 3.05) is 4.90 Å². The number of hydrogen-bond donors (Lipinski definition) is 1. The molecule has 222 valence electrons. The lowest BCUT2D eigenvalue weighted by atomic mass is 9.81. The zero-order chi connectivity index (χ0) is 29.9. The van der Waals surface area contributed by atoms with Crippen LogP contribution in [0.5, 0.6) is 5.88 Å². The Morgan fingerprint density at radius 2 is 1.73 bits per heavy atom. The molecule has 2 aromatic heterocycles. The lowest BCUT2D eigenvalue weighted by Crippen LogP contribution is -2.47. The van der Waals surface area contributed by atoms with Gasteiger partial charge in [0.05, 0.1) is 10.6 Å². The summed E-state index contributed by atoms with van der Waals surface area (Å²) in [6.07, 6.45) is 1.31. The summed E-state index contributed by atoms with van der Waals surface area (Å²) in [5.41, 5.74) is -0.837. The third-order valence-corrected chi connectivity index (χ3v) is 8.72. The van der Waals surface area contributed by atoms with Crippen molar-refractivity contribution in [1.29, 1.82) is 0 Å². The first-order chi connectivity index (χ1) is 19.2. The highest BCUT2D eigenvalue weighted by Gasteiger charge is 2.39. The number of ether oxygens (including phenoxy) is 1. The van der Waals surface area contributed by atoms with Gasteiger partial charge in [0, 0.05) is 23.6 Å². The maximum atomic E-state index is 14.1. The standard InChI is InChI=1S/C31H37F3N2O4S/c1-19-7-9-20(10-8-19)28(37)36(25-18-23(15-16-30(2,3)4)41-26(25)29(38)39)21-11-13-22(14-12-21)40-27-24(31(32,33)34)6-5-17-35-27/h5-6,17-22H,7-14H2,1-4H3,(H,38,39). The van der Waals surface area contributed by atoms with Gasteiger partial charge < -0.3 is 14.7 Å². The number of carboxylic acids is 1. The largest absolute Gasteiger partial charge is 0.477 e. The Labute approximate surface area is 243 Å². The van der Waals surface area contributed by atoms with E-state index >= 15 is 0 Å². The molecule has 2 aliphatic rings. The van der Waals surface area contributed by atoms with Crippen LogP contribution in [0.2, 0.25) is 0 Å². The van der Waals surface area contributed by atoms with Gasteiger partial charge >= 0.3 is 12.1 Å². The van der Waals surface area contributed by atoms with E-state index in [9.17, 15) is 27.9 Å². The fourth-order valence-electron chi connectivity index (χ4n) is 5.50. The van der Waals surface area contributed by atoms with E-state index in [0.29, 0.717) is 42.2 Å². The molecule has 1 N–H and O–H groups in total. The molecule has 0 aromatic carbocycles. The van der Waals surface area contributed by atoms with Gasteiger partial charge in [-0.15, -0.1) is 11.3 Å². The lowest BCUT2D eigenvalue weighted by molar-refractivity contribution is -0.139. The summed E-state index contributed by atoms with van der Waals surface area (Å²) in [5.74, 6) is 4.92. The van der Waals surface area contributed by atoms with E-state index in [2.05, 4.69) is 23.7 Å². The fraction of sp³-hybridized carbons (Fsp3) is 0.581. The number of carboxylic acid groups (broad SMARTS) is 1. The van der Waals surface area contributed by atoms with Crippen LogP contribution in [0, 0.1) is 29.1 Å². The summed E-state index contributed by atoms with van der Waals surface area (Å²) < 4.78 is 46.1. The number of thiophene rings is 1. The Kier molecular flexibility index (Phi) is 9.37. The maximum absolute atomic E-state index is 14.1. The molecule has 0 saturated heterocycles. The van der Waals surface area contributed by atoms with E-state index in [1.807, 2.05) is 20.8 Å². The lowest BCUT2D eigenvalue weighted by Gasteiger charge is -2.39. The number of aromatic carboxylic acids is 1. The molecule has 0 bridgehead atoms. The van der Waals surface area contributed by atoms with Crippen molar-refractivity contribution in [2.24, 2.45) is 17.3 Å². The number of halogens is 3. The zero-order valence-corrected chi connectivity index (χ0v) is 24.7. The number of hydrogen-bond acceptors (Lipinski definition) is 5. The molecule has 1 amide bonds. The molecule has 0 spiro atoms. The Balaban J connectivity index is 1.61. The van der Waals surface area contributed by atoms with E-state index in [0.717, 1.165) is 43.1 Å². The van der Waals surface area contributed by atoms with Gasteiger partial charge in [-0.05, 0) is 96.3 Å². The quantitative estimate of drug-likeness (QED) is 0.347. The first-order valence-electron chi connectivity index (χ1n) is 14.1. The van der Waals surface area contributed by atoms with Gasteiger partial charge in [0.25, 0.3) is 0 Å². The molecule has 0 aliphatic heterocycles. The average molecular weight is 591 g/mol. The Hall–Kier alpha value is -3.06. The normalized spacial score (nSPS) is 23.3. The summed E-state index contributed by atoms with van der Waals surface area (Å²) in [7, 11) is 0. The van der Waals surface area contributed by atoms with Crippen molar-refractivity contribution >= 4 is 28.9 Å². The van der Waals surface area contributed by atoms with Crippen molar-refractivity contribution in [3.63, 3.8) is 0 Å². The zero-order valence-electron chi connectivity index (χ0n) is 23.9. The molecular weight excluding hydrogens is 553 g/mol. The number of pyridine rings is 1. The molecule has 6 nitrogen and oxygen atoms in total. The molecule has 2 fully saturated rings. The third-order valence-electron chi connectivity index (χ3n) is 7.69. The number of aromatic nitrogens is 1. The van der Waals surface area contributed by atoms with Crippen LogP contribution in [0.4, 0.5) is 18.9 Å². The van der Waals surface area contributed by atoms with Crippen molar-refractivity contribution < 1.29 is 32.6 Å². The van der Waals surface area contributed by atoms with Crippen LogP contribution in [-0.2, 0) is 11.0 Å². The number of carbonyl (C=O) groups is 2. The van der Waals surface area contributed by atoms with E-state index in [-0.39, 0.29) is 28.2 Å². The molecule has 41 heavy (non-hydrogen) atoms. The highest BCUT2D eigenvalue weighted by atomic mass is 32.1. The SMILES string of the molecule is CC1CCC(C(=O)N(c2cc(C#CC(C)(C)C)sc2C(=O)O)C2CCC(Oc3ncccc3C(F)(F)F)CC2)CC1.